The van der Waals surface area contributed by atoms with Gasteiger partial charge in [-0.05, 0) is 35.4 Å². The van der Waals surface area contributed by atoms with E-state index in [1.165, 1.54) is 11.1 Å². The van der Waals surface area contributed by atoms with Crippen molar-refractivity contribution in [1.82, 2.24) is 4.90 Å². The highest BCUT2D eigenvalue weighted by Crippen LogP contribution is 2.15. The van der Waals surface area contributed by atoms with Crippen LogP contribution in [0.3, 0.4) is 0 Å². The molecular formula is C20H27Cl2NO2. The Hall–Kier alpha value is -1.10. The Kier molecular flexibility index (Phi) is 11.5. The molecule has 0 unspecified atom stereocenters. The molecule has 5 heteroatoms. The van der Waals surface area contributed by atoms with Crippen LogP contribution in [0.25, 0.3) is 0 Å². The zero-order valence-electron chi connectivity index (χ0n) is 14.9. The molecule has 0 atom stereocenters. The van der Waals surface area contributed by atoms with Crippen LogP contribution < -0.4 is 0 Å². The highest BCUT2D eigenvalue weighted by Gasteiger charge is 2.08. The summed E-state index contributed by atoms with van der Waals surface area (Å²) in [6.45, 7) is 7.40. The van der Waals surface area contributed by atoms with Gasteiger partial charge in [0.15, 0.2) is 0 Å². The maximum atomic E-state index is 8.79. The van der Waals surface area contributed by atoms with E-state index in [1.54, 1.807) is 0 Å². The summed E-state index contributed by atoms with van der Waals surface area (Å²) in [5.74, 6) is 0. The first-order valence-corrected chi connectivity index (χ1v) is 9.33. The van der Waals surface area contributed by atoms with Crippen LogP contribution in [0.1, 0.15) is 25.0 Å². The Balaban J connectivity index is 0.00000151. The first kappa shape index (κ1) is 21.9. The minimum Gasteiger partial charge on any atom is -0.394 e. The van der Waals surface area contributed by atoms with Gasteiger partial charge in [-0.15, -0.1) is 0 Å². The number of benzene rings is 2. The fourth-order valence-electron chi connectivity index (χ4n) is 2.27. The Morgan fingerprint density at radius 1 is 0.800 bits per heavy atom. The molecule has 2 aromatic rings. The lowest BCUT2D eigenvalue weighted by Gasteiger charge is -2.22. The van der Waals surface area contributed by atoms with Crippen molar-refractivity contribution < 1.29 is 9.84 Å². The molecule has 0 aliphatic heterocycles. The number of hydrogen-bond acceptors (Lipinski definition) is 3. The van der Waals surface area contributed by atoms with E-state index in [0.29, 0.717) is 13.2 Å². The van der Waals surface area contributed by atoms with Crippen molar-refractivity contribution >= 4 is 23.2 Å². The third kappa shape index (κ3) is 9.24. The molecule has 0 aromatic heterocycles. The number of ether oxygens (including phenoxy) is 1. The second-order valence-corrected chi connectivity index (χ2v) is 6.17. The summed E-state index contributed by atoms with van der Waals surface area (Å²) in [6.07, 6.45) is 0. The normalized spacial score (nSPS) is 10.5. The molecule has 0 heterocycles. The van der Waals surface area contributed by atoms with Crippen molar-refractivity contribution in [2.45, 2.75) is 26.9 Å². The fraction of sp³-hybridized carbons (Fsp3) is 0.400. The lowest BCUT2D eigenvalue weighted by atomic mass is 10.1. The molecule has 0 aliphatic carbocycles. The molecule has 0 radical (unpaired) electrons. The first-order valence-electron chi connectivity index (χ1n) is 8.57. The van der Waals surface area contributed by atoms with E-state index in [0.717, 1.165) is 29.7 Å². The van der Waals surface area contributed by atoms with Crippen LogP contribution in [-0.4, -0.2) is 36.4 Å². The van der Waals surface area contributed by atoms with Crippen molar-refractivity contribution in [3.63, 3.8) is 0 Å². The third-order valence-electron chi connectivity index (χ3n) is 3.43. The Bertz CT molecular complexity index is 526. The first-order chi connectivity index (χ1) is 12.2. The van der Waals surface area contributed by atoms with Crippen molar-refractivity contribution in [3.05, 3.63) is 69.7 Å². The molecule has 0 saturated carbocycles. The van der Waals surface area contributed by atoms with Gasteiger partial charge in [0.05, 0.1) is 19.8 Å². The van der Waals surface area contributed by atoms with Crippen LogP contribution in [0.2, 0.25) is 10.0 Å². The summed E-state index contributed by atoms with van der Waals surface area (Å²) >= 11 is 11.9. The molecule has 138 valence electrons. The van der Waals surface area contributed by atoms with Gasteiger partial charge < -0.3 is 9.84 Å². The summed E-state index contributed by atoms with van der Waals surface area (Å²) in [5.41, 5.74) is 2.40. The number of nitrogens with zero attached hydrogens (tertiary/aromatic N) is 1. The van der Waals surface area contributed by atoms with Gasteiger partial charge in [-0.1, -0.05) is 61.3 Å². The van der Waals surface area contributed by atoms with Crippen LogP contribution in [0.5, 0.6) is 0 Å². The predicted octanol–water partition coefficient (Wildman–Crippen LogP) is 5.03. The van der Waals surface area contributed by atoms with E-state index in [9.17, 15) is 0 Å². The summed E-state index contributed by atoms with van der Waals surface area (Å²) in [4.78, 5) is 2.30. The molecule has 0 fully saturated rings. The zero-order valence-corrected chi connectivity index (χ0v) is 16.4. The van der Waals surface area contributed by atoms with Gasteiger partial charge >= 0.3 is 0 Å². The summed E-state index contributed by atoms with van der Waals surface area (Å²) < 4.78 is 5.39. The van der Waals surface area contributed by atoms with Gasteiger partial charge in [-0.3, -0.25) is 4.90 Å². The average Bonchev–Trinajstić information content (AvgIpc) is 2.64. The van der Waals surface area contributed by atoms with Gasteiger partial charge in [0.1, 0.15) is 0 Å². The topological polar surface area (TPSA) is 32.7 Å². The van der Waals surface area contributed by atoms with Crippen LogP contribution in [0.15, 0.2) is 48.5 Å². The van der Waals surface area contributed by atoms with Gasteiger partial charge in [0.2, 0.25) is 0 Å². The molecular weight excluding hydrogens is 357 g/mol. The maximum Gasteiger partial charge on any atom is 0.0698 e. The predicted molar refractivity (Wildman–Crippen MR) is 106 cm³/mol. The molecule has 0 amide bonds. The summed E-state index contributed by atoms with van der Waals surface area (Å²) in [5, 5.41) is 10.3. The summed E-state index contributed by atoms with van der Waals surface area (Å²) in [6, 6.07) is 15.7. The van der Waals surface area contributed by atoms with Crippen LogP contribution >= 0.6 is 23.2 Å². The number of rotatable bonds is 9. The van der Waals surface area contributed by atoms with E-state index in [2.05, 4.69) is 4.90 Å². The smallest absolute Gasteiger partial charge is 0.0698 e. The molecule has 0 bridgehead atoms. The highest BCUT2D eigenvalue weighted by molar-refractivity contribution is 6.30. The fourth-order valence-corrected chi connectivity index (χ4v) is 2.52. The molecule has 0 saturated heterocycles. The lowest BCUT2D eigenvalue weighted by molar-refractivity contribution is 0.0703. The van der Waals surface area contributed by atoms with Crippen LogP contribution in [-0.2, 0) is 17.8 Å². The molecule has 0 aliphatic rings. The zero-order chi connectivity index (χ0) is 18.5. The number of aliphatic hydroxyl groups excluding tert-OH is 1. The van der Waals surface area contributed by atoms with Crippen LogP contribution in [0.4, 0.5) is 0 Å². The molecule has 2 aromatic carbocycles. The number of aliphatic hydroxyl groups is 1. The Morgan fingerprint density at radius 2 is 1.24 bits per heavy atom. The largest absolute Gasteiger partial charge is 0.394 e. The second-order valence-electron chi connectivity index (χ2n) is 5.30. The monoisotopic (exact) mass is 383 g/mol. The van der Waals surface area contributed by atoms with Crippen molar-refractivity contribution in [1.29, 1.82) is 0 Å². The van der Waals surface area contributed by atoms with Crippen LogP contribution in [0, 0.1) is 0 Å². The molecule has 3 nitrogen and oxygen atoms in total. The molecule has 25 heavy (non-hydrogen) atoms. The van der Waals surface area contributed by atoms with E-state index < -0.39 is 0 Å². The van der Waals surface area contributed by atoms with Crippen molar-refractivity contribution in [2.75, 3.05) is 26.4 Å². The van der Waals surface area contributed by atoms with Gasteiger partial charge in [0.25, 0.3) is 0 Å². The summed E-state index contributed by atoms with van der Waals surface area (Å²) in [7, 11) is 0. The molecule has 2 rings (SSSR count). The van der Waals surface area contributed by atoms with E-state index in [1.807, 2.05) is 62.4 Å². The second kappa shape index (κ2) is 13.2. The lowest BCUT2D eigenvalue weighted by Crippen LogP contribution is -2.27. The maximum absolute atomic E-state index is 8.79. The van der Waals surface area contributed by atoms with Crippen molar-refractivity contribution in [3.8, 4) is 0 Å². The SMILES string of the molecule is CC.OCCOCCN(Cc1ccc(Cl)cc1)Cc1ccc(Cl)cc1. The quantitative estimate of drug-likeness (QED) is 0.616. The average molecular weight is 384 g/mol. The number of halogens is 2. The van der Waals surface area contributed by atoms with E-state index in [-0.39, 0.29) is 6.61 Å². The molecule has 0 spiro atoms. The minimum absolute atomic E-state index is 0.0500. The number of hydrogen-bond donors (Lipinski definition) is 1. The van der Waals surface area contributed by atoms with E-state index in [4.69, 9.17) is 33.0 Å². The van der Waals surface area contributed by atoms with Crippen molar-refractivity contribution in [2.24, 2.45) is 0 Å². The molecule has 1 N–H and O–H groups in total. The third-order valence-corrected chi connectivity index (χ3v) is 3.93. The van der Waals surface area contributed by atoms with Gasteiger partial charge in [-0.2, -0.15) is 0 Å². The Morgan fingerprint density at radius 3 is 1.64 bits per heavy atom. The van der Waals surface area contributed by atoms with E-state index >= 15 is 0 Å². The Labute approximate surface area is 161 Å². The minimum atomic E-state index is 0.0500. The highest BCUT2D eigenvalue weighted by atomic mass is 35.5. The van der Waals surface area contributed by atoms with Gasteiger partial charge in [-0.25, -0.2) is 0 Å². The standard InChI is InChI=1S/C18H21Cl2NO2.C2H6/c19-17-5-1-15(2-6-17)13-21(9-11-23-12-10-22)14-16-3-7-18(20)8-4-16;1-2/h1-8,22H,9-14H2;1-2H3. The van der Waals surface area contributed by atoms with Gasteiger partial charge in [0, 0.05) is 29.7 Å².